The van der Waals surface area contributed by atoms with E-state index in [0.717, 1.165) is 29.1 Å². The van der Waals surface area contributed by atoms with Crippen molar-refractivity contribution in [2.75, 3.05) is 5.88 Å². The van der Waals surface area contributed by atoms with Crippen LogP contribution in [-0.2, 0) is 6.42 Å². The first-order valence-corrected chi connectivity index (χ1v) is 8.14. The number of benzene rings is 1. The molecule has 5 heteroatoms. The molecule has 0 saturated carbocycles. The first kappa shape index (κ1) is 12.8. The topological polar surface area (TPSA) is 30.7 Å². The fourth-order valence-corrected chi connectivity index (χ4v) is 3.52. The van der Waals surface area contributed by atoms with Gasteiger partial charge in [-0.05, 0) is 47.2 Å². The second kappa shape index (κ2) is 5.13. The number of imidazole rings is 1. The summed E-state index contributed by atoms with van der Waals surface area (Å²) >= 11 is 7.68. The van der Waals surface area contributed by atoms with Crippen LogP contribution < -0.4 is 0 Å². The number of rotatable bonds is 3. The van der Waals surface area contributed by atoms with E-state index in [4.69, 9.17) is 11.6 Å². The van der Waals surface area contributed by atoms with Gasteiger partial charge in [-0.1, -0.05) is 0 Å². The first-order chi connectivity index (χ1) is 10.4. The zero-order valence-corrected chi connectivity index (χ0v) is 12.7. The van der Waals surface area contributed by atoms with Gasteiger partial charge in [0.05, 0.1) is 0 Å². The molecule has 1 aromatic carbocycles. The molecule has 3 nitrogen and oxygen atoms in total. The summed E-state index contributed by atoms with van der Waals surface area (Å²) in [7, 11) is 0. The van der Waals surface area contributed by atoms with Crippen molar-refractivity contribution in [2.24, 2.45) is 0 Å². The van der Waals surface area contributed by atoms with Crippen LogP contribution in [0.4, 0.5) is 0 Å². The summed E-state index contributed by atoms with van der Waals surface area (Å²) in [6.07, 6.45) is 2.52. The number of alkyl halides is 1. The molecule has 0 aliphatic carbocycles. The molecular weight excluding hydrogens is 302 g/mol. The number of hydrogen-bond acceptors (Lipinski definition) is 3. The van der Waals surface area contributed by atoms with Crippen molar-refractivity contribution in [1.29, 1.82) is 0 Å². The minimum atomic E-state index is 0.546. The summed E-state index contributed by atoms with van der Waals surface area (Å²) in [5.74, 6) is 1.50. The van der Waals surface area contributed by atoms with Crippen LogP contribution in [0.5, 0.6) is 0 Å². The Morgan fingerprint density at radius 2 is 2.14 bits per heavy atom. The Labute approximate surface area is 130 Å². The molecule has 0 spiro atoms. The highest BCUT2D eigenvalue weighted by atomic mass is 35.5. The average Bonchev–Trinajstić information content (AvgIpc) is 3.10. The van der Waals surface area contributed by atoms with Crippen molar-refractivity contribution in [1.82, 2.24) is 14.5 Å². The van der Waals surface area contributed by atoms with E-state index in [1.54, 1.807) is 17.5 Å². The third-order valence-electron chi connectivity index (χ3n) is 3.50. The molecule has 0 unspecified atom stereocenters. The summed E-state index contributed by atoms with van der Waals surface area (Å²) in [5, 5.41) is 3.35. The van der Waals surface area contributed by atoms with Crippen molar-refractivity contribution in [3.63, 3.8) is 0 Å². The Kier molecular flexibility index (Phi) is 3.13. The Morgan fingerprint density at radius 3 is 3.05 bits per heavy atom. The molecule has 3 aromatic heterocycles. The smallest absolute Gasteiger partial charge is 0.164 e. The largest absolute Gasteiger partial charge is 0.281 e. The Bertz CT molecular complexity index is 925. The van der Waals surface area contributed by atoms with Crippen molar-refractivity contribution in [3.05, 3.63) is 53.8 Å². The van der Waals surface area contributed by atoms with Gasteiger partial charge >= 0.3 is 0 Å². The highest BCUT2D eigenvalue weighted by Gasteiger charge is 2.13. The molecular formula is C16H12ClN3S. The highest BCUT2D eigenvalue weighted by Crippen LogP contribution is 2.26. The van der Waals surface area contributed by atoms with Crippen LogP contribution in [0.1, 0.15) is 5.82 Å². The van der Waals surface area contributed by atoms with Crippen molar-refractivity contribution in [3.8, 4) is 5.69 Å². The van der Waals surface area contributed by atoms with E-state index in [-0.39, 0.29) is 0 Å². The van der Waals surface area contributed by atoms with Crippen molar-refractivity contribution < 1.29 is 0 Å². The van der Waals surface area contributed by atoms with E-state index in [9.17, 15) is 0 Å². The Balaban J connectivity index is 2.00. The molecule has 3 heterocycles. The van der Waals surface area contributed by atoms with Gasteiger partial charge in [-0.25, -0.2) is 9.97 Å². The molecule has 21 heavy (non-hydrogen) atoms. The maximum atomic E-state index is 5.93. The fourth-order valence-electron chi connectivity index (χ4n) is 2.58. The quantitative estimate of drug-likeness (QED) is 0.524. The minimum Gasteiger partial charge on any atom is -0.281 e. The average molecular weight is 314 g/mol. The van der Waals surface area contributed by atoms with Crippen LogP contribution in [-0.4, -0.2) is 20.4 Å². The second-order valence-electron chi connectivity index (χ2n) is 4.79. The maximum absolute atomic E-state index is 5.93. The van der Waals surface area contributed by atoms with Crippen LogP contribution >= 0.6 is 22.9 Å². The summed E-state index contributed by atoms with van der Waals surface area (Å²) in [6, 6.07) is 12.5. The summed E-state index contributed by atoms with van der Waals surface area (Å²) in [4.78, 5) is 9.15. The number of fused-ring (bicyclic) bond motifs is 2. The first-order valence-electron chi connectivity index (χ1n) is 6.73. The van der Waals surface area contributed by atoms with E-state index in [2.05, 4.69) is 44.2 Å². The SMILES string of the molecule is ClCCc1nc2cccnc2n1-c1ccc2sccc2c1. The lowest BCUT2D eigenvalue weighted by Gasteiger charge is -2.08. The van der Waals surface area contributed by atoms with Gasteiger partial charge in [0.25, 0.3) is 0 Å². The number of halogens is 1. The van der Waals surface area contributed by atoms with Crippen LogP contribution in [0.25, 0.3) is 26.9 Å². The predicted octanol–water partition coefficient (Wildman–Crippen LogP) is 4.42. The lowest BCUT2D eigenvalue weighted by molar-refractivity contribution is 0.906. The highest BCUT2D eigenvalue weighted by molar-refractivity contribution is 7.17. The molecule has 4 aromatic rings. The number of aromatic nitrogens is 3. The van der Waals surface area contributed by atoms with Gasteiger partial charge in [-0.15, -0.1) is 22.9 Å². The van der Waals surface area contributed by atoms with Crippen molar-refractivity contribution >= 4 is 44.2 Å². The normalized spacial score (nSPS) is 11.5. The third kappa shape index (κ3) is 2.11. The van der Waals surface area contributed by atoms with Crippen molar-refractivity contribution in [2.45, 2.75) is 6.42 Å². The van der Waals surface area contributed by atoms with Crippen LogP contribution in [0.2, 0.25) is 0 Å². The maximum Gasteiger partial charge on any atom is 0.164 e. The zero-order valence-electron chi connectivity index (χ0n) is 11.2. The molecule has 0 saturated heterocycles. The predicted molar refractivity (Wildman–Crippen MR) is 88.7 cm³/mol. The van der Waals surface area contributed by atoms with Gasteiger partial charge in [0.2, 0.25) is 0 Å². The second-order valence-corrected chi connectivity index (χ2v) is 6.12. The minimum absolute atomic E-state index is 0.546. The number of nitrogens with zero attached hydrogens (tertiary/aromatic N) is 3. The van der Waals surface area contributed by atoms with Gasteiger partial charge in [-0.3, -0.25) is 4.57 Å². The molecule has 4 rings (SSSR count). The van der Waals surface area contributed by atoms with Crippen LogP contribution in [0.15, 0.2) is 48.0 Å². The molecule has 0 radical (unpaired) electrons. The lowest BCUT2D eigenvalue weighted by Crippen LogP contribution is -2.02. The summed E-state index contributed by atoms with van der Waals surface area (Å²) < 4.78 is 3.39. The molecule has 104 valence electrons. The van der Waals surface area contributed by atoms with E-state index >= 15 is 0 Å². The zero-order chi connectivity index (χ0) is 14.2. The van der Waals surface area contributed by atoms with Gasteiger partial charge in [-0.2, -0.15) is 0 Å². The molecule has 0 amide bonds. The lowest BCUT2D eigenvalue weighted by atomic mass is 10.2. The van der Waals surface area contributed by atoms with E-state index < -0.39 is 0 Å². The van der Waals surface area contributed by atoms with Gasteiger partial charge in [0.15, 0.2) is 5.65 Å². The molecule has 0 N–H and O–H groups in total. The summed E-state index contributed by atoms with van der Waals surface area (Å²) in [5.41, 5.74) is 2.87. The van der Waals surface area contributed by atoms with Gasteiger partial charge < -0.3 is 0 Å². The fraction of sp³-hybridized carbons (Fsp3) is 0.125. The third-order valence-corrected chi connectivity index (χ3v) is 4.58. The standard InChI is InChI=1S/C16H12ClN3S/c17-7-5-15-19-13-2-1-8-18-16(13)20(15)12-3-4-14-11(10-12)6-9-21-14/h1-4,6,8-10H,5,7H2. The molecule has 0 atom stereocenters. The molecule has 0 aliphatic heterocycles. The van der Waals surface area contributed by atoms with E-state index in [1.807, 2.05) is 12.1 Å². The summed E-state index contributed by atoms with van der Waals surface area (Å²) in [6.45, 7) is 0. The van der Waals surface area contributed by atoms with Crippen LogP contribution in [0.3, 0.4) is 0 Å². The monoisotopic (exact) mass is 313 g/mol. The number of thiophene rings is 1. The Hall–Kier alpha value is -1.91. The van der Waals surface area contributed by atoms with Gasteiger partial charge in [0.1, 0.15) is 11.3 Å². The molecule has 0 bridgehead atoms. The van der Waals surface area contributed by atoms with E-state index in [1.165, 1.54) is 10.1 Å². The van der Waals surface area contributed by atoms with E-state index in [0.29, 0.717) is 5.88 Å². The number of hydrogen-bond donors (Lipinski definition) is 0. The van der Waals surface area contributed by atoms with Crippen LogP contribution in [0, 0.1) is 0 Å². The van der Waals surface area contributed by atoms with Gasteiger partial charge in [0, 0.05) is 28.9 Å². The Morgan fingerprint density at radius 1 is 1.19 bits per heavy atom. The number of pyridine rings is 1. The number of aryl methyl sites for hydroxylation is 1. The molecule has 0 aliphatic rings. The molecule has 0 fully saturated rings.